The summed E-state index contributed by atoms with van der Waals surface area (Å²) in [6, 6.07) is 14.2. The molecule has 6 heteroatoms. The van der Waals surface area contributed by atoms with Gasteiger partial charge in [0.1, 0.15) is 5.75 Å². The Balaban J connectivity index is 1.88. The van der Waals surface area contributed by atoms with E-state index in [-0.39, 0.29) is 24.7 Å². The van der Waals surface area contributed by atoms with Crippen molar-refractivity contribution >= 4 is 29.3 Å². The number of aromatic hydroxyl groups is 1. The summed E-state index contributed by atoms with van der Waals surface area (Å²) in [7, 11) is 0. The van der Waals surface area contributed by atoms with Crippen LogP contribution in [0.15, 0.2) is 53.4 Å². The quantitative estimate of drug-likeness (QED) is 0.705. The van der Waals surface area contributed by atoms with Crippen LogP contribution in [0.2, 0.25) is 5.02 Å². The number of halogens is 1. The molecule has 0 aromatic heterocycles. The molecule has 0 radical (unpaired) electrons. The summed E-state index contributed by atoms with van der Waals surface area (Å²) < 4.78 is 0. The van der Waals surface area contributed by atoms with Gasteiger partial charge in [0.2, 0.25) is 5.91 Å². The standard InChI is InChI=1S/C18H20ClNO3S/c19-15-4-6-17(7-5-15)24-11-9-20(8-10-21)18(23)13-14-2-1-3-16(22)12-14/h1-7,12,21-22H,8-11,13H2. The smallest absolute Gasteiger partial charge is 0.227 e. The molecule has 2 aromatic rings. The van der Waals surface area contributed by atoms with E-state index in [1.54, 1.807) is 40.9 Å². The van der Waals surface area contributed by atoms with Crippen molar-refractivity contribution in [1.29, 1.82) is 0 Å². The lowest BCUT2D eigenvalue weighted by Gasteiger charge is -2.21. The first-order valence-electron chi connectivity index (χ1n) is 7.63. The normalized spacial score (nSPS) is 10.6. The monoisotopic (exact) mass is 365 g/mol. The minimum absolute atomic E-state index is 0.0636. The van der Waals surface area contributed by atoms with Gasteiger partial charge in [-0.1, -0.05) is 23.7 Å². The number of phenolic OH excluding ortho intramolecular Hbond substituents is 1. The van der Waals surface area contributed by atoms with Crippen molar-refractivity contribution in [2.45, 2.75) is 11.3 Å². The van der Waals surface area contributed by atoms with Crippen LogP contribution in [0.25, 0.3) is 0 Å². The molecule has 1 amide bonds. The predicted molar refractivity (Wildman–Crippen MR) is 97.7 cm³/mol. The van der Waals surface area contributed by atoms with Gasteiger partial charge in [0.05, 0.1) is 13.0 Å². The minimum Gasteiger partial charge on any atom is -0.508 e. The highest BCUT2D eigenvalue weighted by Gasteiger charge is 2.14. The van der Waals surface area contributed by atoms with Gasteiger partial charge in [0, 0.05) is 28.8 Å². The number of carbonyl (C=O) groups is 1. The molecule has 128 valence electrons. The van der Waals surface area contributed by atoms with Crippen LogP contribution < -0.4 is 0 Å². The number of hydrogen-bond donors (Lipinski definition) is 2. The van der Waals surface area contributed by atoms with Crippen LogP contribution in [-0.2, 0) is 11.2 Å². The van der Waals surface area contributed by atoms with Crippen molar-refractivity contribution < 1.29 is 15.0 Å². The second kappa shape index (κ2) is 9.57. The first kappa shape index (κ1) is 18.6. The molecule has 0 fully saturated rings. The third-order valence-electron chi connectivity index (χ3n) is 3.43. The summed E-state index contributed by atoms with van der Waals surface area (Å²) in [5.74, 6) is 0.812. The Bertz CT molecular complexity index is 664. The summed E-state index contributed by atoms with van der Waals surface area (Å²) in [5.41, 5.74) is 0.758. The first-order valence-corrected chi connectivity index (χ1v) is 9.00. The predicted octanol–water partition coefficient (Wildman–Crippen LogP) is 3.20. The van der Waals surface area contributed by atoms with Crippen molar-refractivity contribution in [3.63, 3.8) is 0 Å². The summed E-state index contributed by atoms with van der Waals surface area (Å²) in [6.07, 6.45) is 0.208. The Morgan fingerprint density at radius 2 is 1.88 bits per heavy atom. The van der Waals surface area contributed by atoms with Gasteiger partial charge in [0.15, 0.2) is 0 Å². The van der Waals surface area contributed by atoms with Gasteiger partial charge in [-0.3, -0.25) is 4.79 Å². The van der Waals surface area contributed by atoms with Crippen LogP contribution in [0.1, 0.15) is 5.56 Å². The number of nitrogens with zero attached hydrogens (tertiary/aromatic N) is 1. The zero-order valence-corrected chi connectivity index (χ0v) is 14.8. The SMILES string of the molecule is O=C(Cc1cccc(O)c1)N(CCO)CCSc1ccc(Cl)cc1. The minimum atomic E-state index is -0.0720. The van der Waals surface area contributed by atoms with Gasteiger partial charge in [-0.2, -0.15) is 0 Å². The largest absolute Gasteiger partial charge is 0.508 e. The second-order valence-corrected chi connectivity index (χ2v) is 6.86. The lowest BCUT2D eigenvalue weighted by Crippen LogP contribution is -2.36. The summed E-state index contributed by atoms with van der Waals surface area (Å²) in [4.78, 5) is 15.1. The number of carbonyl (C=O) groups excluding carboxylic acids is 1. The zero-order valence-electron chi connectivity index (χ0n) is 13.2. The third-order valence-corrected chi connectivity index (χ3v) is 4.68. The zero-order chi connectivity index (χ0) is 17.4. The van der Waals surface area contributed by atoms with Crippen LogP contribution in [0.5, 0.6) is 5.75 Å². The van der Waals surface area contributed by atoms with Crippen molar-refractivity contribution in [3.8, 4) is 5.75 Å². The van der Waals surface area contributed by atoms with Crippen molar-refractivity contribution in [2.24, 2.45) is 0 Å². The molecule has 0 unspecified atom stereocenters. The molecule has 0 heterocycles. The number of aliphatic hydroxyl groups is 1. The highest BCUT2D eigenvalue weighted by atomic mass is 35.5. The fourth-order valence-corrected chi connectivity index (χ4v) is 3.24. The molecule has 2 N–H and O–H groups in total. The fraction of sp³-hybridized carbons (Fsp3) is 0.278. The Morgan fingerprint density at radius 3 is 2.54 bits per heavy atom. The third kappa shape index (κ3) is 6.07. The number of amides is 1. The first-order chi connectivity index (χ1) is 11.6. The molecule has 0 aliphatic heterocycles. The van der Waals surface area contributed by atoms with Crippen LogP contribution in [0.4, 0.5) is 0 Å². The van der Waals surface area contributed by atoms with Gasteiger partial charge in [0.25, 0.3) is 0 Å². The highest BCUT2D eigenvalue weighted by molar-refractivity contribution is 7.99. The van der Waals surface area contributed by atoms with Gasteiger partial charge >= 0.3 is 0 Å². The summed E-state index contributed by atoms with van der Waals surface area (Å²) >= 11 is 7.49. The topological polar surface area (TPSA) is 60.8 Å². The maximum Gasteiger partial charge on any atom is 0.227 e. The van der Waals surface area contributed by atoms with Crippen LogP contribution in [-0.4, -0.2) is 46.5 Å². The van der Waals surface area contributed by atoms with Crippen molar-refractivity contribution in [3.05, 3.63) is 59.1 Å². The van der Waals surface area contributed by atoms with Crippen LogP contribution in [0, 0.1) is 0 Å². The lowest BCUT2D eigenvalue weighted by molar-refractivity contribution is -0.130. The van der Waals surface area contributed by atoms with E-state index < -0.39 is 0 Å². The van der Waals surface area contributed by atoms with Gasteiger partial charge in [-0.25, -0.2) is 0 Å². The van der Waals surface area contributed by atoms with E-state index >= 15 is 0 Å². The maximum atomic E-state index is 12.4. The van der Waals surface area contributed by atoms with Crippen molar-refractivity contribution in [1.82, 2.24) is 4.90 Å². The molecule has 0 aliphatic rings. The number of thioether (sulfide) groups is 1. The maximum absolute atomic E-state index is 12.4. The van der Waals surface area contributed by atoms with E-state index in [1.165, 1.54) is 0 Å². The average molecular weight is 366 g/mol. The average Bonchev–Trinajstić information content (AvgIpc) is 2.56. The number of hydrogen-bond acceptors (Lipinski definition) is 4. The molecule has 0 aliphatic carbocycles. The van der Waals surface area contributed by atoms with Crippen LogP contribution in [0.3, 0.4) is 0 Å². The molecule has 0 saturated heterocycles. The Morgan fingerprint density at radius 1 is 1.12 bits per heavy atom. The van der Waals surface area contributed by atoms with Gasteiger partial charge in [-0.15, -0.1) is 11.8 Å². The van der Waals surface area contributed by atoms with E-state index in [9.17, 15) is 15.0 Å². The van der Waals surface area contributed by atoms with E-state index in [0.29, 0.717) is 18.1 Å². The van der Waals surface area contributed by atoms with Gasteiger partial charge < -0.3 is 15.1 Å². The Hall–Kier alpha value is -1.69. The molecular formula is C18H20ClNO3S. The summed E-state index contributed by atoms with van der Waals surface area (Å²) in [6.45, 7) is 0.779. The molecule has 2 rings (SSSR count). The van der Waals surface area contributed by atoms with E-state index in [4.69, 9.17) is 11.6 Å². The molecule has 24 heavy (non-hydrogen) atoms. The van der Waals surface area contributed by atoms with Crippen LogP contribution >= 0.6 is 23.4 Å². The molecule has 0 saturated carbocycles. The number of phenols is 1. The Labute approximate surface area is 151 Å². The fourth-order valence-electron chi connectivity index (χ4n) is 2.24. The van der Waals surface area contributed by atoms with E-state index in [0.717, 1.165) is 16.2 Å². The lowest BCUT2D eigenvalue weighted by atomic mass is 10.1. The van der Waals surface area contributed by atoms with E-state index in [1.807, 2.05) is 24.3 Å². The molecule has 0 spiro atoms. The number of aliphatic hydroxyl groups excluding tert-OH is 1. The molecule has 0 bridgehead atoms. The summed E-state index contributed by atoms with van der Waals surface area (Å²) in [5, 5.41) is 19.4. The molecular weight excluding hydrogens is 346 g/mol. The molecule has 2 aromatic carbocycles. The van der Waals surface area contributed by atoms with Gasteiger partial charge in [-0.05, 0) is 42.0 Å². The molecule has 4 nitrogen and oxygen atoms in total. The molecule has 0 atom stereocenters. The Kier molecular flexibility index (Phi) is 7.43. The number of rotatable bonds is 8. The second-order valence-electron chi connectivity index (χ2n) is 5.25. The van der Waals surface area contributed by atoms with E-state index in [2.05, 4.69) is 0 Å². The highest BCUT2D eigenvalue weighted by Crippen LogP contribution is 2.20. The number of benzene rings is 2. The van der Waals surface area contributed by atoms with Crippen molar-refractivity contribution in [2.75, 3.05) is 25.4 Å².